The number of carboxylic acid groups (broad SMARTS) is 1. The lowest BCUT2D eigenvalue weighted by Crippen LogP contribution is -2.45. The third kappa shape index (κ3) is 2.99. The minimum absolute atomic E-state index is 0.128. The van der Waals surface area contributed by atoms with Gasteiger partial charge >= 0.3 is 5.97 Å². The summed E-state index contributed by atoms with van der Waals surface area (Å²) >= 11 is 0. The Morgan fingerprint density at radius 2 is 2.38 bits per heavy atom. The Balaban J connectivity index is 2.51. The molecule has 13 heavy (non-hydrogen) atoms. The van der Waals surface area contributed by atoms with Gasteiger partial charge in [-0.3, -0.25) is 4.79 Å². The molecule has 3 N–H and O–H groups in total. The van der Waals surface area contributed by atoms with Crippen molar-refractivity contribution in [3.05, 3.63) is 0 Å². The molecule has 0 aliphatic heterocycles. The molecule has 3 nitrogen and oxygen atoms in total. The molecule has 0 aromatic carbocycles. The van der Waals surface area contributed by atoms with Gasteiger partial charge in [-0.05, 0) is 18.8 Å². The molecular weight excluding hydrogens is 166 g/mol. The summed E-state index contributed by atoms with van der Waals surface area (Å²) in [7, 11) is 0. The lowest BCUT2D eigenvalue weighted by Gasteiger charge is -2.36. The van der Waals surface area contributed by atoms with Crippen molar-refractivity contribution in [3.63, 3.8) is 0 Å². The summed E-state index contributed by atoms with van der Waals surface area (Å²) in [6, 6.07) is 0. The molecule has 0 saturated heterocycles. The van der Waals surface area contributed by atoms with Crippen LogP contribution >= 0.6 is 0 Å². The summed E-state index contributed by atoms with van der Waals surface area (Å²) in [5.74, 6) is -0.127. The Kier molecular flexibility index (Phi) is 3.31. The summed E-state index contributed by atoms with van der Waals surface area (Å²) in [4.78, 5) is 10.6. The quantitative estimate of drug-likeness (QED) is 0.704. The lowest BCUT2D eigenvalue weighted by molar-refractivity contribution is -0.138. The number of carboxylic acids is 1. The van der Waals surface area contributed by atoms with Crippen LogP contribution in [0.4, 0.5) is 0 Å². The van der Waals surface area contributed by atoms with E-state index in [2.05, 4.69) is 6.92 Å². The van der Waals surface area contributed by atoms with Crippen LogP contribution in [0.5, 0.6) is 0 Å². The molecule has 2 atom stereocenters. The van der Waals surface area contributed by atoms with E-state index in [0.717, 1.165) is 25.7 Å². The number of hydrogen-bond acceptors (Lipinski definition) is 2. The van der Waals surface area contributed by atoms with E-state index in [1.54, 1.807) is 0 Å². The minimum Gasteiger partial charge on any atom is -0.481 e. The summed E-state index contributed by atoms with van der Waals surface area (Å²) in [5, 5.41) is 8.71. The first-order chi connectivity index (χ1) is 6.06. The van der Waals surface area contributed by atoms with Crippen molar-refractivity contribution in [2.45, 2.75) is 51.0 Å². The first kappa shape index (κ1) is 10.5. The van der Waals surface area contributed by atoms with Gasteiger partial charge < -0.3 is 10.8 Å². The van der Waals surface area contributed by atoms with Crippen LogP contribution in [0.3, 0.4) is 0 Å². The summed E-state index contributed by atoms with van der Waals surface area (Å²) < 4.78 is 0. The number of carbonyl (C=O) groups is 1. The van der Waals surface area contributed by atoms with Crippen molar-refractivity contribution in [1.82, 2.24) is 0 Å². The maximum atomic E-state index is 10.6. The Hall–Kier alpha value is -0.570. The molecule has 2 unspecified atom stereocenters. The van der Waals surface area contributed by atoms with Crippen molar-refractivity contribution in [3.8, 4) is 0 Å². The maximum Gasteiger partial charge on any atom is 0.305 e. The maximum absolute atomic E-state index is 10.6. The standard InChI is InChI=1S/C10H19NO2/c1-2-8-4-3-5-10(11,6-8)7-9(12)13/h8H,2-7,11H2,1H3,(H,12,13). The van der Waals surface area contributed by atoms with Crippen LogP contribution in [-0.2, 0) is 4.79 Å². The molecule has 76 valence electrons. The van der Waals surface area contributed by atoms with Gasteiger partial charge in [-0.2, -0.15) is 0 Å². The van der Waals surface area contributed by atoms with Gasteiger partial charge in [0.25, 0.3) is 0 Å². The zero-order valence-corrected chi connectivity index (χ0v) is 8.25. The highest BCUT2D eigenvalue weighted by Crippen LogP contribution is 2.34. The summed E-state index contributed by atoms with van der Waals surface area (Å²) in [5.41, 5.74) is 5.62. The number of rotatable bonds is 3. The molecule has 3 heteroatoms. The average molecular weight is 185 g/mol. The van der Waals surface area contributed by atoms with Gasteiger partial charge in [-0.25, -0.2) is 0 Å². The molecule has 0 amide bonds. The molecule has 0 spiro atoms. The average Bonchev–Trinajstić information content (AvgIpc) is 2.02. The Morgan fingerprint density at radius 3 is 2.92 bits per heavy atom. The zero-order valence-electron chi connectivity index (χ0n) is 8.25. The van der Waals surface area contributed by atoms with Crippen molar-refractivity contribution in [2.75, 3.05) is 0 Å². The van der Waals surface area contributed by atoms with Crippen LogP contribution in [-0.4, -0.2) is 16.6 Å². The second kappa shape index (κ2) is 4.09. The molecule has 0 heterocycles. The molecule has 0 aromatic heterocycles. The third-order valence-corrected chi connectivity index (χ3v) is 3.06. The van der Waals surface area contributed by atoms with E-state index in [-0.39, 0.29) is 6.42 Å². The van der Waals surface area contributed by atoms with E-state index < -0.39 is 11.5 Å². The number of nitrogens with two attached hydrogens (primary N) is 1. The number of aliphatic carboxylic acids is 1. The SMILES string of the molecule is CCC1CCCC(N)(CC(=O)O)C1. The monoisotopic (exact) mass is 185 g/mol. The predicted molar refractivity (Wildman–Crippen MR) is 51.4 cm³/mol. The molecule has 0 radical (unpaired) electrons. The Bertz CT molecular complexity index is 193. The Labute approximate surface area is 79.3 Å². The van der Waals surface area contributed by atoms with Crippen LogP contribution < -0.4 is 5.73 Å². The van der Waals surface area contributed by atoms with Crippen molar-refractivity contribution >= 4 is 5.97 Å². The molecule has 0 aromatic rings. The molecule has 1 saturated carbocycles. The highest BCUT2D eigenvalue weighted by molar-refractivity contribution is 5.68. The van der Waals surface area contributed by atoms with Gasteiger partial charge in [0.15, 0.2) is 0 Å². The van der Waals surface area contributed by atoms with Gasteiger partial charge in [0, 0.05) is 5.54 Å². The highest BCUT2D eigenvalue weighted by atomic mass is 16.4. The van der Waals surface area contributed by atoms with Crippen LogP contribution in [0.2, 0.25) is 0 Å². The van der Waals surface area contributed by atoms with Crippen molar-refractivity contribution < 1.29 is 9.90 Å². The largest absolute Gasteiger partial charge is 0.481 e. The van der Waals surface area contributed by atoms with Crippen LogP contribution in [0, 0.1) is 5.92 Å². The first-order valence-electron chi connectivity index (χ1n) is 5.06. The van der Waals surface area contributed by atoms with Gasteiger partial charge in [0.1, 0.15) is 0 Å². The van der Waals surface area contributed by atoms with Crippen LogP contribution in [0.25, 0.3) is 0 Å². The van der Waals surface area contributed by atoms with Gasteiger partial charge in [-0.1, -0.05) is 26.2 Å². The zero-order chi connectivity index (χ0) is 9.90. The molecule has 1 aliphatic carbocycles. The van der Waals surface area contributed by atoms with E-state index in [1.807, 2.05) is 0 Å². The molecule has 1 rings (SSSR count). The van der Waals surface area contributed by atoms with E-state index in [1.165, 1.54) is 6.42 Å². The summed E-state index contributed by atoms with van der Waals surface area (Å²) in [6.45, 7) is 2.15. The normalized spacial score (nSPS) is 34.5. The van der Waals surface area contributed by atoms with E-state index in [4.69, 9.17) is 10.8 Å². The first-order valence-corrected chi connectivity index (χ1v) is 5.06. The predicted octanol–water partition coefficient (Wildman–Crippen LogP) is 1.76. The minimum atomic E-state index is -0.765. The Morgan fingerprint density at radius 1 is 1.69 bits per heavy atom. The van der Waals surface area contributed by atoms with Crippen molar-refractivity contribution in [1.29, 1.82) is 0 Å². The van der Waals surface area contributed by atoms with E-state index in [9.17, 15) is 4.79 Å². The molecular formula is C10H19NO2. The second-order valence-electron chi connectivity index (χ2n) is 4.30. The van der Waals surface area contributed by atoms with E-state index >= 15 is 0 Å². The molecule has 1 aliphatic rings. The molecule has 1 fully saturated rings. The third-order valence-electron chi connectivity index (χ3n) is 3.06. The lowest BCUT2D eigenvalue weighted by atomic mass is 9.74. The fourth-order valence-electron chi connectivity index (χ4n) is 2.33. The summed E-state index contributed by atoms with van der Waals surface area (Å²) in [6.07, 6.45) is 5.31. The van der Waals surface area contributed by atoms with Gasteiger partial charge in [0.2, 0.25) is 0 Å². The van der Waals surface area contributed by atoms with Gasteiger partial charge in [-0.15, -0.1) is 0 Å². The topological polar surface area (TPSA) is 63.3 Å². The van der Waals surface area contributed by atoms with Gasteiger partial charge in [0.05, 0.1) is 6.42 Å². The fraction of sp³-hybridized carbons (Fsp3) is 0.900. The van der Waals surface area contributed by atoms with E-state index in [0.29, 0.717) is 5.92 Å². The fourth-order valence-corrected chi connectivity index (χ4v) is 2.33. The van der Waals surface area contributed by atoms with Crippen LogP contribution in [0.1, 0.15) is 45.4 Å². The smallest absolute Gasteiger partial charge is 0.305 e. The second-order valence-corrected chi connectivity index (χ2v) is 4.30. The number of hydrogen-bond donors (Lipinski definition) is 2. The highest BCUT2D eigenvalue weighted by Gasteiger charge is 2.33. The molecule has 0 bridgehead atoms. The van der Waals surface area contributed by atoms with Crippen molar-refractivity contribution in [2.24, 2.45) is 11.7 Å². The van der Waals surface area contributed by atoms with Crippen LogP contribution in [0.15, 0.2) is 0 Å².